The van der Waals surface area contributed by atoms with E-state index >= 15 is 0 Å². The Morgan fingerprint density at radius 3 is 2.86 bits per heavy atom. The van der Waals surface area contributed by atoms with Gasteiger partial charge in [0.1, 0.15) is 0 Å². The number of hydrogen-bond donors (Lipinski definition) is 2. The maximum Gasteiger partial charge on any atom is 0.0702 e. The molecule has 0 saturated carbocycles. The number of nitrogens with zero attached hydrogens (tertiary/aromatic N) is 1. The Morgan fingerprint density at radius 1 is 1.29 bits per heavy atom. The smallest absolute Gasteiger partial charge is 0.0702 e. The lowest BCUT2D eigenvalue weighted by Crippen LogP contribution is -2.40. The van der Waals surface area contributed by atoms with Crippen LogP contribution in [0.4, 0.5) is 0 Å². The standard InChI is InChI=1S/C16H21N3S2/c1-10-11(2)21-15(9-20-10)16(19-17)13-7-12-5-3-4-6-14(12)18-8-13/h3-8,10-11,15-16,19H,9,17H2,1-2H3. The third-order valence-corrected chi connectivity index (χ3v) is 7.59. The molecule has 4 atom stereocenters. The monoisotopic (exact) mass is 319 g/mol. The van der Waals surface area contributed by atoms with Gasteiger partial charge in [0.05, 0.1) is 11.6 Å². The Balaban J connectivity index is 1.87. The molecule has 1 aliphatic heterocycles. The molecule has 3 rings (SSSR count). The minimum Gasteiger partial charge on any atom is -0.271 e. The molecule has 2 heterocycles. The molecular formula is C16H21N3S2. The third kappa shape index (κ3) is 3.21. The zero-order valence-corrected chi connectivity index (χ0v) is 14.0. The van der Waals surface area contributed by atoms with Gasteiger partial charge in [-0.1, -0.05) is 32.0 Å². The Bertz CT molecular complexity index is 619. The van der Waals surface area contributed by atoms with Gasteiger partial charge in [-0.05, 0) is 17.7 Å². The lowest BCUT2D eigenvalue weighted by molar-refractivity contribution is 0.549. The fraction of sp³-hybridized carbons (Fsp3) is 0.438. The number of thioether (sulfide) groups is 2. The van der Waals surface area contributed by atoms with Crippen molar-refractivity contribution in [3.05, 3.63) is 42.1 Å². The highest BCUT2D eigenvalue weighted by atomic mass is 32.2. The van der Waals surface area contributed by atoms with Crippen LogP contribution in [0.25, 0.3) is 10.9 Å². The highest BCUT2D eigenvalue weighted by Gasteiger charge is 2.31. The number of nitrogens with one attached hydrogen (secondary N) is 1. The fourth-order valence-electron chi connectivity index (χ4n) is 2.66. The van der Waals surface area contributed by atoms with Gasteiger partial charge in [0.2, 0.25) is 0 Å². The summed E-state index contributed by atoms with van der Waals surface area (Å²) in [5.41, 5.74) is 5.22. The van der Waals surface area contributed by atoms with Crippen molar-refractivity contribution in [1.29, 1.82) is 0 Å². The van der Waals surface area contributed by atoms with Crippen LogP contribution in [0.5, 0.6) is 0 Å². The van der Waals surface area contributed by atoms with Crippen LogP contribution in [-0.4, -0.2) is 26.5 Å². The van der Waals surface area contributed by atoms with Crippen LogP contribution in [0.1, 0.15) is 25.5 Å². The van der Waals surface area contributed by atoms with Gasteiger partial charge in [0, 0.05) is 33.1 Å². The number of fused-ring (bicyclic) bond motifs is 1. The Hall–Kier alpha value is -0.750. The predicted molar refractivity (Wildman–Crippen MR) is 94.6 cm³/mol. The van der Waals surface area contributed by atoms with Gasteiger partial charge in [-0.15, -0.1) is 0 Å². The number of aromatic nitrogens is 1. The molecule has 1 fully saturated rings. The first kappa shape index (κ1) is 15.2. The molecule has 3 nitrogen and oxygen atoms in total. The van der Waals surface area contributed by atoms with Gasteiger partial charge in [0.25, 0.3) is 0 Å². The molecule has 3 N–H and O–H groups in total. The molecule has 1 aliphatic rings. The maximum atomic E-state index is 5.86. The van der Waals surface area contributed by atoms with Crippen molar-refractivity contribution >= 4 is 34.4 Å². The SMILES string of the molecule is CC1SCC(C(NN)c2cnc3ccccc3c2)SC1C. The molecule has 4 unspecified atom stereocenters. The number of rotatable bonds is 3. The van der Waals surface area contributed by atoms with Gasteiger partial charge in [-0.2, -0.15) is 23.5 Å². The van der Waals surface area contributed by atoms with E-state index < -0.39 is 0 Å². The second kappa shape index (κ2) is 6.57. The number of para-hydroxylation sites is 1. The summed E-state index contributed by atoms with van der Waals surface area (Å²) >= 11 is 4.08. The maximum absolute atomic E-state index is 5.86. The summed E-state index contributed by atoms with van der Waals surface area (Å²) in [4.78, 5) is 4.57. The van der Waals surface area contributed by atoms with E-state index in [0.29, 0.717) is 15.7 Å². The Labute approximate surface area is 134 Å². The summed E-state index contributed by atoms with van der Waals surface area (Å²) in [6.07, 6.45) is 1.96. The van der Waals surface area contributed by atoms with Gasteiger partial charge >= 0.3 is 0 Å². The molecule has 5 heteroatoms. The lowest BCUT2D eigenvalue weighted by Gasteiger charge is -2.35. The predicted octanol–water partition coefficient (Wildman–Crippen LogP) is 3.36. The second-order valence-corrected chi connectivity index (χ2v) is 8.56. The number of nitrogens with two attached hydrogens (primary N) is 1. The van der Waals surface area contributed by atoms with Crippen LogP contribution in [0, 0.1) is 0 Å². The molecule has 0 radical (unpaired) electrons. The van der Waals surface area contributed by atoms with Crippen LogP contribution in [0.15, 0.2) is 36.5 Å². The van der Waals surface area contributed by atoms with E-state index in [4.69, 9.17) is 5.84 Å². The molecule has 0 spiro atoms. The zero-order chi connectivity index (χ0) is 14.8. The number of pyridine rings is 1. The Morgan fingerprint density at radius 2 is 2.10 bits per heavy atom. The average Bonchev–Trinajstić information content (AvgIpc) is 2.51. The van der Waals surface area contributed by atoms with E-state index in [2.05, 4.69) is 36.4 Å². The zero-order valence-electron chi connectivity index (χ0n) is 12.3. The van der Waals surface area contributed by atoms with Crippen molar-refractivity contribution in [3.8, 4) is 0 Å². The molecule has 0 bridgehead atoms. The largest absolute Gasteiger partial charge is 0.271 e. The summed E-state index contributed by atoms with van der Waals surface area (Å²) in [7, 11) is 0. The van der Waals surface area contributed by atoms with Crippen LogP contribution in [-0.2, 0) is 0 Å². The summed E-state index contributed by atoms with van der Waals surface area (Å²) in [6.45, 7) is 4.61. The summed E-state index contributed by atoms with van der Waals surface area (Å²) < 4.78 is 0. The van der Waals surface area contributed by atoms with E-state index in [1.54, 1.807) is 0 Å². The van der Waals surface area contributed by atoms with Crippen LogP contribution >= 0.6 is 23.5 Å². The van der Waals surface area contributed by atoms with Crippen LogP contribution in [0.2, 0.25) is 0 Å². The first-order chi connectivity index (χ1) is 10.2. The van der Waals surface area contributed by atoms with Gasteiger partial charge in [0.15, 0.2) is 0 Å². The van der Waals surface area contributed by atoms with Crippen molar-refractivity contribution in [2.75, 3.05) is 5.75 Å². The van der Waals surface area contributed by atoms with Crippen molar-refractivity contribution < 1.29 is 0 Å². The highest BCUT2D eigenvalue weighted by molar-refractivity contribution is 8.07. The second-order valence-electron chi connectivity index (χ2n) is 5.52. The quantitative estimate of drug-likeness (QED) is 0.671. The lowest BCUT2D eigenvalue weighted by atomic mass is 10.0. The van der Waals surface area contributed by atoms with E-state index in [1.807, 2.05) is 47.9 Å². The normalized spacial score (nSPS) is 27.7. The van der Waals surface area contributed by atoms with E-state index in [0.717, 1.165) is 11.3 Å². The molecule has 1 saturated heterocycles. The first-order valence-electron chi connectivity index (χ1n) is 7.27. The van der Waals surface area contributed by atoms with E-state index in [9.17, 15) is 0 Å². The van der Waals surface area contributed by atoms with Crippen molar-refractivity contribution in [3.63, 3.8) is 0 Å². The average molecular weight is 319 g/mol. The minimum absolute atomic E-state index is 0.148. The molecule has 1 aromatic heterocycles. The van der Waals surface area contributed by atoms with Crippen LogP contribution in [0.3, 0.4) is 0 Å². The minimum atomic E-state index is 0.148. The molecule has 2 aromatic rings. The highest BCUT2D eigenvalue weighted by Crippen LogP contribution is 2.40. The summed E-state index contributed by atoms with van der Waals surface area (Å²) in [5.74, 6) is 6.98. The van der Waals surface area contributed by atoms with Gasteiger partial charge in [-0.25, -0.2) is 0 Å². The van der Waals surface area contributed by atoms with Crippen LogP contribution < -0.4 is 11.3 Å². The molecule has 0 amide bonds. The fourth-order valence-corrected chi connectivity index (χ4v) is 5.76. The summed E-state index contributed by atoms with van der Waals surface area (Å²) in [6, 6.07) is 10.6. The van der Waals surface area contributed by atoms with E-state index in [1.165, 1.54) is 10.9 Å². The topological polar surface area (TPSA) is 50.9 Å². The number of benzene rings is 1. The summed E-state index contributed by atoms with van der Waals surface area (Å²) in [5, 5.41) is 3.01. The first-order valence-corrected chi connectivity index (χ1v) is 9.26. The molecule has 21 heavy (non-hydrogen) atoms. The van der Waals surface area contributed by atoms with Crippen molar-refractivity contribution in [2.24, 2.45) is 5.84 Å². The number of hydrazine groups is 1. The molecule has 1 aromatic carbocycles. The number of hydrogen-bond acceptors (Lipinski definition) is 5. The molecule has 0 aliphatic carbocycles. The van der Waals surface area contributed by atoms with Crippen molar-refractivity contribution in [1.82, 2.24) is 10.4 Å². The Kier molecular flexibility index (Phi) is 4.74. The van der Waals surface area contributed by atoms with Gasteiger partial charge < -0.3 is 0 Å². The van der Waals surface area contributed by atoms with E-state index in [-0.39, 0.29) is 6.04 Å². The van der Waals surface area contributed by atoms with Gasteiger partial charge in [-0.3, -0.25) is 16.3 Å². The molecule has 112 valence electrons. The molecular weight excluding hydrogens is 298 g/mol. The van der Waals surface area contributed by atoms with Crippen molar-refractivity contribution in [2.45, 2.75) is 35.6 Å². The third-order valence-electron chi connectivity index (χ3n) is 4.10.